The highest BCUT2D eigenvalue weighted by atomic mass is 16.5. The number of nitrogens with one attached hydrogen (secondary N) is 2. The van der Waals surface area contributed by atoms with Crippen LogP contribution in [0.3, 0.4) is 0 Å². The number of hydrogen-bond donors (Lipinski definition) is 2. The maximum atomic E-state index is 11.9. The summed E-state index contributed by atoms with van der Waals surface area (Å²) in [6, 6.07) is 6.61. The zero-order valence-corrected chi connectivity index (χ0v) is 13.4. The van der Waals surface area contributed by atoms with Gasteiger partial charge < -0.3 is 19.9 Å². The van der Waals surface area contributed by atoms with Crippen molar-refractivity contribution in [2.75, 3.05) is 7.11 Å². The lowest BCUT2D eigenvalue weighted by atomic mass is 10.1. The van der Waals surface area contributed by atoms with Crippen molar-refractivity contribution in [1.29, 1.82) is 0 Å². The Morgan fingerprint density at radius 2 is 1.92 bits per heavy atom. The van der Waals surface area contributed by atoms with E-state index in [1.165, 1.54) is 7.11 Å². The van der Waals surface area contributed by atoms with E-state index in [2.05, 4.69) is 25.6 Å². The Kier molecular flexibility index (Phi) is 4.74. The van der Waals surface area contributed by atoms with E-state index in [0.29, 0.717) is 18.7 Å². The fourth-order valence-corrected chi connectivity index (χ4v) is 2.62. The summed E-state index contributed by atoms with van der Waals surface area (Å²) in [5.74, 6) is 1.38. The summed E-state index contributed by atoms with van der Waals surface area (Å²) in [7, 11) is 1.34. The molecule has 0 saturated heterocycles. The molecule has 0 radical (unpaired) electrons. The standard InChI is InChI=1S/C16H19N5O3/c1-24-15(22)12-6-4-11(5-7-12)9-17-16(23)18-10-14-20-19-13-3-2-8-21(13)14/h4-7H,2-3,8-10H2,1H3,(H2,17,18,23). The molecule has 24 heavy (non-hydrogen) atoms. The number of esters is 1. The van der Waals surface area contributed by atoms with Gasteiger partial charge in [0.15, 0.2) is 5.82 Å². The van der Waals surface area contributed by atoms with E-state index >= 15 is 0 Å². The number of methoxy groups -OCH3 is 1. The first-order valence-corrected chi connectivity index (χ1v) is 7.77. The molecule has 126 valence electrons. The molecule has 3 rings (SSSR count). The first kappa shape index (κ1) is 16.0. The van der Waals surface area contributed by atoms with Crippen LogP contribution in [-0.4, -0.2) is 33.9 Å². The molecule has 0 atom stereocenters. The number of carbonyl (C=O) groups is 2. The van der Waals surface area contributed by atoms with E-state index in [0.717, 1.165) is 36.6 Å². The van der Waals surface area contributed by atoms with Gasteiger partial charge in [0.2, 0.25) is 0 Å². The molecule has 2 heterocycles. The fourth-order valence-electron chi connectivity index (χ4n) is 2.62. The summed E-state index contributed by atoms with van der Waals surface area (Å²) in [6.07, 6.45) is 2.02. The van der Waals surface area contributed by atoms with Gasteiger partial charge >= 0.3 is 12.0 Å². The van der Waals surface area contributed by atoms with E-state index in [-0.39, 0.29) is 12.0 Å². The second-order valence-electron chi connectivity index (χ2n) is 5.51. The van der Waals surface area contributed by atoms with Crippen LogP contribution in [0.4, 0.5) is 4.79 Å². The SMILES string of the molecule is COC(=O)c1ccc(CNC(=O)NCc2nnc3n2CCC3)cc1. The van der Waals surface area contributed by atoms with Gasteiger partial charge in [0.05, 0.1) is 19.2 Å². The molecular weight excluding hydrogens is 310 g/mol. The number of fused-ring (bicyclic) bond motifs is 1. The first-order valence-electron chi connectivity index (χ1n) is 7.77. The third-order valence-corrected chi connectivity index (χ3v) is 3.92. The highest BCUT2D eigenvalue weighted by Gasteiger charge is 2.17. The normalized spacial score (nSPS) is 12.5. The van der Waals surface area contributed by atoms with Crippen molar-refractivity contribution >= 4 is 12.0 Å². The van der Waals surface area contributed by atoms with Gasteiger partial charge in [-0.05, 0) is 24.1 Å². The molecule has 1 aromatic heterocycles. The summed E-state index contributed by atoms with van der Waals surface area (Å²) in [4.78, 5) is 23.2. The van der Waals surface area contributed by atoms with E-state index in [4.69, 9.17) is 0 Å². The molecule has 2 N–H and O–H groups in total. The van der Waals surface area contributed by atoms with Gasteiger partial charge in [-0.25, -0.2) is 9.59 Å². The number of urea groups is 1. The van der Waals surface area contributed by atoms with Crippen molar-refractivity contribution in [3.05, 3.63) is 47.0 Å². The van der Waals surface area contributed by atoms with Gasteiger partial charge in [0.25, 0.3) is 0 Å². The van der Waals surface area contributed by atoms with Crippen LogP contribution < -0.4 is 10.6 Å². The van der Waals surface area contributed by atoms with Gasteiger partial charge in [-0.1, -0.05) is 12.1 Å². The number of amides is 2. The summed E-state index contributed by atoms with van der Waals surface area (Å²) in [6.45, 7) is 1.62. The molecule has 8 nitrogen and oxygen atoms in total. The maximum Gasteiger partial charge on any atom is 0.337 e. The molecular formula is C16H19N5O3. The zero-order valence-electron chi connectivity index (χ0n) is 13.4. The molecule has 0 aliphatic carbocycles. The lowest BCUT2D eigenvalue weighted by molar-refractivity contribution is 0.0600. The van der Waals surface area contributed by atoms with Gasteiger partial charge in [0, 0.05) is 19.5 Å². The number of ether oxygens (including phenoxy) is 1. The second-order valence-corrected chi connectivity index (χ2v) is 5.51. The molecule has 8 heteroatoms. The summed E-state index contributed by atoms with van der Waals surface area (Å²) in [5.41, 5.74) is 1.37. The molecule has 0 saturated carbocycles. The fraction of sp³-hybridized carbons (Fsp3) is 0.375. The van der Waals surface area contributed by atoms with E-state index in [9.17, 15) is 9.59 Å². The van der Waals surface area contributed by atoms with Crippen molar-refractivity contribution in [1.82, 2.24) is 25.4 Å². The topological polar surface area (TPSA) is 98.1 Å². The second kappa shape index (κ2) is 7.12. The van der Waals surface area contributed by atoms with Gasteiger partial charge in [0.1, 0.15) is 5.82 Å². The van der Waals surface area contributed by atoms with E-state index < -0.39 is 0 Å². The Labute approximate surface area is 139 Å². The van der Waals surface area contributed by atoms with Crippen LogP contribution in [0.1, 0.15) is 34.0 Å². The number of carbonyl (C=O) groups excluding carboxylic acids is 2. The third kappa shape index (κ3) is 3.53. The Bertz CT molecular complexity index is 739. The van der Waals surface area contributed by atoms with Crippen molar-refractivity contribution in [3.63, 3.8) is 0 Å². The van der Waals surface area contributed by atoms with Crippen LogP contribution in [0.15, 0.2) is 24.3 Å². The summed E-state index contributed by atoms with van der Waals surface area (Å²) < 4.78 is 6.69. The van der Waals surface area contributed by atoms with Crippen LogP contribution in [0, 0.1) is 0 Å². The molecule has 1 aliphatic heterocycles. The molecule has 0 unspecified atom stereocenters. The predicted molar refractivity (Wildman–Crippen MR) is 85.2 cm³/mol. The van der Waals surface area contributed by atoms with Gasteiger partial charge in [-0.2, -0.15) is 0 Å². The zero-order chi connectivity index (χ0) is 16.9. The van der Waals surface area contributed by atoms with Crippen molar-refractivity contribution in [3.8, 4) is 0 Å². The van der Waals surface area contributed by atoms with Crippen molar-refractivity contribution < 1.29 is 14.3 Å². The lowest BCUT2D eigenvalue weighted by Gasteiger charge is -2.08. The predicted octanol–water partition coefficient (Wildman–Crippen LogP) is 1.01. The third-order valence-electron chi connectivity index (χ3n) is 3.92. The van der Waals surface area contributed by atoms with Crippen LogP contribution in [-0.2, 0) is 30.8 Å². The Balaban J connectivity index is 1.46. The number of benzene rings is 1. The average molecular weight is 329 g/mol. The molecule has 0 spiro atoms. The minimum Gasteiger partial charge on any atom is -0.465 e. The Morgan fingerprint density at radius 3 is 2.67 bits per heavy atom. The van der Waals surface area contributed by atoms with E-state index in [1.54, 1.807) is 24.3 Å². The molecule has 0 bridgehead atoms. The lowest BCUT2D eigenvalue weighted by Crippen LogP contribution is -2.35. The Morgan fingerprint density at radius 1 is 1.17 bits per heavy atom. The quantitative estimate of drug-likeness (QED) is 0.798. The average Bonchev–Trinajstić information content (AvgIpc) is 3.22. The summed E-state index contributed by atoms with van der Waals surface area (Å²) >= 11 is 0. The van der Waals surface area contributed by atoms with Gasteiger partial charge in [-0.15, -0.1) is 10.2 Å². The highest BCUT2D eigenvalue weighted by Crippen LogP contribution is 2.13. The number of aryl methyl sites for hydroxylation is 1. The van der Waals surface area contributed by atoms with Crippen molar-refractivity contribution in [2.45, 2.75) is 32.5 Å². The first-order chi connectivity index (χ1) is 11.7. The van der Waals surface area contributed by atoms with Crippen molar-refractivity contribution in [2.24, 2.45) is 0 Å². The van der Waals surface area contributed by atoms with Crippen LogP contribution >= 0.6 is 0 Å². The van der Waals surface area contributed by atoms with E-state index in [1.807, 2.05) is 4.57 Å². The highest BCUT2D eigenvalue weighted by molar-refractivity contribution is 5.89. The minimum atomic E-state index is -0.381. The number of aromatic nitrogens is 3. The largest absolute Gasteiger partial charge is 0.465 e. The molecule has 1 aliphatic rings. The smallest absolute Gasteiger partial charge is 0.337 e. The summed E-state index contributed by atoms with van der Waals surface area (Å²) in [5, 5.41) is 13.7. The molecule has 0 fully saturated rings. The van der Waals surface area contributed by atoms with Gasteiger partial charge in [-0.3, -0.25) is 0 Å². The maximum absolute atomic E-state index is 11.9. The number of rotatable bonds is 5. The Hall–Kier alpha value is -2.90. The molecule has 2 amide bonds. The molecule has 1 aromatic carbocycles. The van der Waals surface area contributed by atoms with Crippen LogP contribution in [0.25, 0.3) is 0 Å². The minimum absolute atomic E-state index is 0.276. The van der Waals surface area contributed by atoms with Crippen LogP contribution in [0.2, 0.25) is 0 Å². The van der Waals surface area contributed by atoms with Crippen LogP contribution in [0.5, 0.6) is 0 Å². The molecule has 2 aromatic rings. The number of nitrogens with zero attached hydrogens (tertiary/aromatic N) is 3. The number of hydrogen-bond acceptors (Lipinski definition) is 5. The monoisotopic (exact) mass is 329 g/mol.